The van der Waals surface area contributed by atoms with Gasteiger partial charge in [0.25, 0.3) is 0 Å². The van der Waals surface area contributed by atoms with Crippen LogP contribution in [0, 0.1) is 11.8 Å². The number of esters is 1. The third-order valence-electron chi connectivity index (χ3n) is 2.40. The zero-order valence-corrected chi connectivity index (χ0v) is 11.1. The Morgan fingerprint density at radius 3 is 2.94 bits per heavy atom. The maximum atomic E-state index is 10.9. The van der Waals surface area contributed by atoms with E-state index in [1.807, 2.05) is 0 Å². The van der Waals surface area contributed by atoms with E-state index < -0.39 is 0 Å². The Balaban J connectivity index is 2.37. The van der Waals surface area contributed by atoms with Crippen LogP contribution in [0.1, 0.15) is 31.2 Å². The molecule has 1 rings (SSSR count). The average molecular weight is 266 g/mol. The fourth-order valence-corrected chi connectivity index (χ4v) is 1.55. The molecule has 3 nitrogen and oxygen atoms in total. The van der Waals surface area contributed by atoms with Gasteiger partial charge in [0.2, 0.25) is 0 Å². The summed E-state index contributed by atoms with van der Waals surface area (Å²) in [4.78, 5) is 10.9. The minimum absolute atomic E-state index is 0.179. The number of nitrogens with two attached hydrogens (primary N) is 1. The lowest BCUT2D eigenvalue weighted by Gasteiger charge is -1.98. The second kappa shape index (κ2) is 7.62. The zero-order valence-electron chi connectivity index (χ0n) is 10.3. The maximum Gasteiger partial charge on any atom is 0.305 e. The lowest BCUT2D eigenvalue weighted by molar-refractivity contribution is -0.140. The Morgan fingerprint density at radius 1 is 1.44 bits per heavy atom. The van der Waals surface area contributed by atoms with E-state index in [2.05, 4.69) is 16.6 Å². The van der Waals surface area contributed by atoms with Crippen LogP contribution in [0.25, 0.3) is 0 Å². The Kier molecular flexibility index (Phi) is 6.10. The first-order valence-electron chi connectivity index (χ1n) is 5.74. The molecule has 0 unspecified atom stereocenters. The molecule has 0 radical (unpaired) electrons. The fourth-order valence-electron chi connectivity index (χ4n) is 1.38. The number of rotatable bonds is 4. The Labute approximate surface area is 112 Å². The number of hydrogen-bond donors (Lipinski definition) is 1. The molecule has 0 saturated carbocycles. The molecule has 0 atom stereocenters. The molecule has 4 heteroatoms. The molecule has 0 spiro atoms. The molecule has 1 aromatic carbocycles. The van der Waals surface area contributed by atoms with Gasteiger partial charge in [0, 0.05) is 29.1 Å². The normalized spacial score (nSPS) is 9.44. The molecule has 18 heavy (non-hydrogen) atoms. The van der Waals surface area contributed by atoms with E-state index in [0.717, 1.165) is 24.8 Å². The summed E-state index contributed by atoms with van der Waals surface area (Å²) in [5, 5.41) is 0.624. The fraction of sp³-hybridized carbons (Fsp3) is 0.357. The first-order chi connectivity index (χ1) is 8.63. The first kappa shape index (κ1) is 14.4. The van der Waals surface area contributed by atoms with Crippen LogP contribution >= 0.6 is 11.6 Å². The number of ether oxygens (including phenoxy) is 1. The van der Waals surface area contributed by atoms with Crippen LogP contribution in [0.5, 0.6) is 0 Å². The predicted octanol–water partition coefficient (Wildman–Crippen LogP) is 3.01. The summed E-state index contributed by atoms with van der Waals surface area (Å²) in [7, 11) is 1.39. The highest BCUT2D eigenvalue weighted by Crippen LogP contribution is 2.16. The van der Waals surface area contributed by atoms with Crippen molar-refractivity contribution >= 4 is 23.3 Å². The topological polar surface area (TPSA) is 52.3 Å². The minimum Gasteiger partial charge on any atom is -0.469 e. The Hall–Kier alpha value is -1.66. The number of carbonyl (C=O) groups excluding carboxylic acids is 1. The highest BCUT2D eigenvalue weighted by Gasteiger charge is 1.98. The minimum atomic E-state index is -0.179. The van der Waals surface area contributed by atoms with E-state index in [4.69, 9.17) is 17.3 Å². The number of unbranched alkanes of at least 4 members (excludes halogenated alkanes) is 2. The number of methoxy groups -OCH3 is 1. The van der Waals surface area contributed by atoms with E-state index in [1.165, 1.54) is 7.11 Å². The number of anilines is 1. The largest absolute Gasteiger partial charge is 0.469 e. The van der Waals surface area contributed by atoms with Crippen molar-refractivity contribution in [2.45, 2.75) is 25.7 Å². The monoisotopic (exact) mass is 265 g/mol. The Bertz CT molecular complexity index is 474. The Morgan fingerprint density at radius 2 is 2.22 bits per heavy atom. The standard InChI is InChI=1S/C14H16ClNO2/c1-18-14(17)7-5-3-2-4-6-11-10-12(15)8-9-13(11)16/h8-10H,2-3,5,7,16H2,1H3. The van der Waals surface area contributed by atoms with E-state index in [1.54, 1.807) is 18.2 Å². The van der Waals surface area contributed by atoms with Crippen LogP contribution in [0.2, 0.25) is 5.02 Å². The van der Waals surface area contributed by atoms with Crippen LogP contribution in [-0.4, -0.2) is 13.1 Å². The van der Waals surface area contributed by atoms with Crippen LogP contribution in [-0.2, 0) is 9.53 Å². The molecule has 96 valence electrons. The summed E-state index contributed by atoms with van der Waals surface area (Å²) in [5.74, 6) is 5.82. The summed E-state index contributed by atoms with van der Waals surface area (Å²) in [5.41, 5.74) is 7.14. The van der Waals surface area contributed by atoms with E-state index in [9.17, 15) is 4.79 Å². The summed E-state index contributed by atoms with van der Waals surface area (Å²) >= 11 is 5.86. The quantitative estimate of drug-likeness (QED) is 0.394. The number of carbonyl (C=O) groups is 1. The summed E-state index contributed by atoms with van der Waals surface area (Å²) in [6.07, 6.45) is 2.81. The van der Waals surface area contributed by atoms with Gasteiger partial charge in [-0.15, -0.1) is 0 Å². The van der Waals surface area contributed by atoms with Gasteiger partial charge in [-0.3, -0.25) is 4.79 Å². The third kappa shape index (κ3) is 5.11. The van der Waals surface area contributed by atoms with Gasteiger partial charge in [-0.1, -0.05) is 23.4 Å². The molecule has 0 aliphatic heterocycles. The van der Waals surface area contributed by atoms with E-state index in [0.29, 0.717) is 17.1 Å². The van der Waals surface area contributed by atoms with Crippen molar-refractivity contribution in [2.24, 2.45) is 0 Å². The summed E-state index contributed by atoms with van der Waals surface area (Å²) < 4.78 is 4.55. The van der Waals surface area contributed by atoms with Crippen LogP contribution < -0.4 is 5.73 Å². The van der Waals surface area contributed by atoms with Crippen molar-refractivity contribution in [2.75, 3.05) is 12.8 Å². The smallest absolute Gasteiger partial charge is 0.305 e. The molecule has 0 bridgehead atoms. The van der Waals surface area contributed by atoms with Crippen molar-refractivity contribution in [3.8, 4) is 11.8 Å². The van der Waals surface area contributed by atoms with Crippen molar-refractivity contribution in [3.63, 3.8) is 0 Å². The molecule has 0 saturated heterocycles. The van der Waals surface area contributed by atoms with Gasteiger partial charge in [0.05, 0.1) is 7.11 Å². The highest BCUT2D eigenvalue weighted by molar-refractivity contribution is 6.30. The molecular weight excluding hydrogens is 250 g/mol. The average Bonchev–Trinajstić information content (AvgIpc) is 2.37. The van der Waals surface area contributed by atoms with Gasteiger partial charge in [0.1, 0.15) is 0 Å². The molecule has 2 N–H and O–H groups in total. The van der Waals surface area contributed by atoms with Gasteiger partial charge in [-0.25, -0.2) is 0 Å². The number of nitrogen functional groups attached to an aromatic ring is 1. The number of benzene rings is 1. The number of hydrogen-bond acceptors (Lipinski definition) is 3. The molecule has 0 heterocycles. The molecule has 0 fully saturated rings. The van der Waals surface area contributed by atoms with E-state index in [-0.39, 0.29) is 5.97 Å². The van der Waals surface area contributed by atoms with Gasteiger partial charge in [0.15, 0.2) is 0 Å². The van der Waals surface area contributed by atoms with E-state index >= 15 is 0 Å². The van der Waals surface area contributed by atoms with Crippen molar-refractivity contribution < 1.29 is 9.53 Å². The lowest BCUT2D eigenvalue weighted by Crippen LogP contribution is -1.98. The predicted molar refractivity (Wildman–Crippen MR) is 73.2 cm³/mol. The summed E-state index contributed by atoms with van der Waals surface area (Å²) in [6, 6.07) is 5.22. The number of halogens is 1. The molecule has 0 aliphatic rings. The molecule has 0 aliphatic carbocycles. The van der Waals surface area contributed by atoms with Crippen molar-refractivity contribution in [3.05, 3.63) is 28.8 Å². The SMILES string of the molecule is COC(=O)CCCCC#Cc1cc(Cl)ccc1N. The maximum absolute atomic E-state index is 10.9. The molecular formula is C14H16ClNO2. The van der Waals surface area contributed by atoms with Crippen LogP contribution in [0.3, 0.4) is 0 Å². The summed E-state index contributed by atoms with van der Waals surface area (Å²) in [6.45, 7) is 0. The van der Waals surface area contributed by atoms with Crippen LogP contribution in [0.15, 0.2) is 18.2 Å². The lowest BCUT2D eigenvalue weighted by atomic mass is 10.1. The second-order valence-corrected chi connectivity index (χ2v) is 4.25. The van der Waals surface area contributed by atoms with Gasteiger partial charge in [-0.2, -0.15) is 0 Å². The first-order valence-corrected chi connectivity index (χ1v) is 6.12. The highest BCUT2D eigenvalue weighted by atomic mass is 35.5. The zero-order chi connectivity index (χ0) is 13.4. The van der Waals surface area contributed by atoms with Crippen molar-refractivity contribution in [1.82, 2.24) is 0 Å². The molecule has 1 aromatic rings. The molecule has 0 aromatic heterocycles. The van der Waals surface area contributed by atoms with Gasteiger partial charge in [-0.05, 0) is 31.0 Å². The van der Waals surface area contributed by atoms with Gasteiger partial charge >= 0.3 is 5.97 Å². The van der Waals surface area contributed by atoms with Crippen molar-refractivity contribution in [1.29, 1.82) is 0 Å². The second-order valence-electron chi connectivity index (χ2n) is 3.82. The van der Waals surface area contributed by atoms with Crippen LogP contribution in [0.4, 0.5) is 5.69 Å². The third-order valence-corrected chi connectivity index (χ3v) is 2.63. The molecule has 0 amide bonds. The van der Waals surface area contributed by atoms with Gasteiger partial charge < -0.3 is 10.5 Å².